The van der Waals surface area contributed by atoms with Crippen LogP contribution in [0.1, 0.15) is 33.0 Å². The Labute approximate surface area is 119 Å². The molecule has 2 aromatic rings. The van der Waals surface area contributed by atoms with E-state index in [2.05, 4.69) is 28.8 Å². The van der Waals surface area contributed by atoms with Crippen molar-refractivity contribution in [3.63, 3.8) is 0 Å². The highest BCUT2D eigenvalue weighted by molar-refractivity contribution is 5.71. The van der Waals surface area contributed by atoms with Gasteiger partial charge in [0.05, 0.1) is 12.1 Å². The molecular formula is C15H24N4O. The van der Waals surface area contributed by atoms with E-state index in [-0.39, 0.29) is 0 Å². The zero-order valence-electron chi connectivity index (χ0n) is 12.5. The fourth-order valence-electron chi connectivity index (χ4n) is 2.45. The van der Waals surface area contributed by atoms with Gasteiger partial charge in [-0.3, -0.25) is 0 Å². The molecule has 3 N–H and O–H groups in total. The van der Waals surface area contributed by atoms with Crippen LogP contribution in [-0.2, 0) is 6.42 Å². The molecule has 2 rings (SSSR count). The third kappa shape index (κ3) is 3.70. The van der Waals surface area contributed by atoms with Crippen LogP contribution in [-0.4, -0.2) is 28.1 Å². The van der Waals surface area contributed by atoms with E-state index in [9.17, 15) is 0 Å². The fraction of sp³-hybridized carbons (Fsp3) is 0.600. The lowest BCUT2D eigenvalue weighted by atomic mass is 9.94. The van der Waals surface area contributed by atoms with E-state index in [1.54, 1.807) is 0 Å². The predicted molar refractivity (Wildman–Crippen MR) is 80.8 cm³/mol. The van der Waals surface area contributed by atoms with Crippen LogP contribution in [0.25, 0.3) is 11.2 Å². The van der Waals surface area contributed by atoms with Crippen LogP contribution in [0.2, 0.25) is 0 Å². The molecule has 0 radical (unpaired) electrons. The molecule has 5 nitrogen and oxygen atoms in total. The van der Waals surface area contributed by atoms with E-state index in [4.69, 9.17) is 10.5 Å². The van der Waals surface area contributed by atoms with Gasteiger partial charge in [-0.15, -0.1) is 0 Å². The van der Waals surface area contributed by atoms with Gasteiger partial charge in [-0.25, -0.2) is 4.98 Å². The number of nitrogens with one attached hydrogen (secondary N) is 1. The van der Waals surface area contributed by atoms with Crippen molar-refractivity contribution < 1.29 is 4.74 Å². The molecule has 2 heterocycles. The first-order valence-electron chi connectivity index (χ1n) is 7.30. The summed E-state index contributed by atoms with van der Waals surface area (Å²) < 4.78 is 5.39. The maximum Gasteiger partial charge on any atom is 0.215 e. The van der Waals surface area contributed by atoms with Crippen LogP contribution in [0.15, 0.2) is 12.1 Å². The van der Waals surface area contributed by atoms with Gasteiger partial charge in [0, 0.05) is 12.5 Å². The Balaban J connectivity index is 2.14. The Morgan fingerprint density at radius 2 is 2.10 bits per heavy atom. The van der Waals surface area contributed by atoms with Crippen LogP contribution in [0.4, 0.5) is 0 Å². The molecule has 5 heteroatoms. The Morgan fingerprint density at radius 3 is 2.75 bits per heavy atom. The summed E-state index contributed by atoms with van der Waals surface area (Å²) in [5.41, 5.74) is 7.51. The van der Waals surface area contributed by atoms with Gasteiger partial charge in [0.2, 0.25) is 5.88 Å². The van der Waals surface area contributed by atoms with E-state index in [0.717, 1.165) is 24.2 Å². The monoisotopic (exact) mass is 276 g/mol. The number of aromatic amines is 1. The highest BCUT2D eigenvalue weighted by Gasteiger charge is 2.13. The third-order valence-corrected chi connectivity index (χ3v) is 3.28. The summed E-state index contributed by atoms with van der Waals surface area (Å²) in [5.74, 6) is 2.69. The smallest absolute Gasteiger partial charge is 0.215 e. The summed E-state index contributed by atoms with van der Waals surface area (Å²) in [6.45, 7) is 7.68. The van der Waals surface area contributed by atoms with Crippen molar-refractivity contribution in [3.05, 3.63) is 18.0 Å². The fourth-order valence-corrected chi connectivity index (χ4v) is 2.45. The van der Waals surface area contributed by atoms with Crippen LogP contribution in [0, 0.1) is 11.8 Å². The quantitative estimate of drug-likeness (QED) is 0.814. The zero-order chi connectivity index (χ0) is 14.5. The van der Waals surface area contributed by atoms with Gasteiger partial charge in [0.25, 0.3) is 0 Å². The van der Waals surface area contributed by atoms with Crippen LogP contribution in [0.3, 0.4) is 0 Å². The molecule has 0 aliphatic heterocycles. The highest BCUT2D eigenvalue weighted by atomic mass is 16.5. The molecule has 0 spiro atoms. The van der Waals surface area contributed by atoms with E-state index < -0.39 is 0 Å². The largest absolute Gasteiger partial charge is 0.478 e. The minimum atomic E-state index is 0.460. The first-order valence-corrected chi connectivity index (χ1v) is 7.30. The molecular weight excluding hydrogens is 252 g/mol. The number of imidazole rings is 1. The van der Waals surface area contributed by atoms with Gasteiger partial charge >= 0.3 is 0 Å². The van der Waals surface area contributed by atoms with Gasteiger partial charge in [0.15, 0.2) is 5.65 Å². The van der Waals surface area contributed by atoms with Crippen LogP contribution in [0.5, 0.6) is 5.88 Å². The number of ether oxygens (including phenoxy) is 1. The summed E-state index contributed by atoms with van der Waals surface area (Å²) in [6.07, 6.45) is 1.99. The number of nitrogens with two attached hydrogens (primary N) is 1. The van der Waals surface area contributed by atoms with Crippen LogP contribution < -0.4 is 10.5 Å². The number of aromatic nitrogens is 3. The maximum atomic E-state index is 5.85. The average Bonchev–Trinajstić information content (AvgIpc) is 2.79. The van der Waals surface area contributed by atoms with Gasteiger partial charge < -0.3 is 15.5 Å². The summed E-state index contributed by atoms with van der Waals surface area (Å²) in [5, 5.41) is 0. The Bertz CT molecular complexity index is 550. The molecule has 0 amide bonds. The van der Waals surface area contributed by atoms with Gasteiger partial charge in [-0.1, -0.05) is 13.8 Å². The summed E-state index contributed by atoms with van der Waals surface area (Å²) in [6, 6.07) is 3.83. The van der Waals surface area contributed by atoms with E-state index >= 15 is 0 Å². The lowest BCUT2D eigenvalue weighted by Gasteiger charge is -2.15. The topological polar surface area (TPSA) is 76.8 Å². The molecule has 20 heavy (non-hydrogen) atoms. The Kier molecular flexibility index (Phi) is 4.95. The van der Waals surface area contributed by atoms with Crippen LogP contribution >= 0.6 is 0 Å². The number of rotatable bonds is 7. The first kappa shape index (κ1) is 14.8. The number of hydrogen-bond donors (Lipinski definition) is 2. The molecule has 0 aliphatic carbocycles. The van der Waals surface area contributed by atoms with E-state index in [0.29, 0.717) is 36.5 Å². The summed E-state index contributed by atoms with van der Waals surface area (Å²) >= 11 is 0. The second-order valence-electron chi connectivity index (χ2n) is 5.57. The maximum absolute atomic E-state index is 5.85. The number of fused-ring (bicyclic) bond motifs is 1. The average molecular weight is 276 g/mol. The third-order valence-electron chi connectivity index (χ3n) is 3.28. The standard InChI is InChI=1S/C15H24N4O/c1-4-20-14-6-5-12-15(19-14)18-13(17-12)8-11(9-16)7-10(2)3/h5-6,10-11H,4,7-9,16H2,1-3H3,(H,17,18,19). The van der Waals surface area contributed by atoms with Crippen molar-refractivity contribution in [1.29, 1.82) is 0 Å². The second-order valence-corrected chi connectivity index (χ2v) is 5.57. The summed E-state index contributed by atoms with van der Waals surface area (Å²) in [7, 11) is 0. The van der Waals surface area contributed by atoms with Crippen molar-refractivity contribution in [1.82, 2.24) is 15.0 Å². The van der Waals surface area contributed by atoms with Gasteiger partial charge in [0.1, 0.15) is 5.82 Å². The molecule has 0 aliphatic rings. The predicted octanol–water partition coefficient (Wildman–Crippen LogP) is 2.52. The van der Waals surface area contributed by atoms with E-state index in [1.807, 2.05) is 19.1 Å². The molecule has 1 atom stereocenters. The van der Waals surface area contributed by atoms with Crippen molar-refractivity contribution in [2.45, 2.75) is 33.6 Å². The lowest BCUT2D eigenvalue weighted by molar-refractivity contribution is 0.328. The highest BCUT2D eigenvalue weighted by Crippen LogP contribution is 2.18. The number of pyridine rings is 1. The Hall–Kier alpha value is -1.62. The first-order chi connectivity index (χ1) is 9.62. The molecule has 0 bridgehead atoms. The van der Waals surface area contributed by atoms with Gasteiger partial charge in [-0.2, -0.15) is 4.98 Å². The number of hydrogen-bond acceptors (Lipinski definition) is 4. The second kappa shape index (κ2) is 6.70. The minimum absolute atomic E-state index is 0.460. The van der Waals surface area contributed by atoms with Crippen molar-refractivity contribution in [2.75, 3.05) is 13.2 Å². The van der Waals surface area contributed by atoms with Gasteiger partial charge in [-0.05, 0) is 37.8 Å². The number of H-pyrrole nitrogens is 1. The minimum Gasteiger partial charge on any atom is -0.478 e. The molecule has 1 unspecified atom stereocenters. The Morgan fingerprint density at radius 1 is 1.30 bits per heavy atom. The van der Waals surface area contributed by atoms with E-state index in [1.165, 1.54) is 0 Å². The molecule has 0 saturated heterocycles. The van der Waals surface area contributed by atoms with Crippen molar-refractivity contribution in [2.24, 2.45) is 17.6 Å². The molecule has 0 saturated carbocycles. The lowest BCUT2D eigenvalue weighted by Crippen LogP contribution is -2.19. The molecule has 110 valence electrons. The molecule has 0 fully saturated rings. The zero-order valence-corrected chi connectivity index (χ0v) is 12.5. The SMILES string of the molecule is CCOc1ccc2[nH]c(CC(CN)CC(C)C)nc2n1. The van der Waals surface area contributed by atoms with Crippen molar-refractivity contribution in [3.8, 4) is 5.88 Å². The number of nitrogens with zero attached hydrogens (tertiary/aromatic N) is 2. The molecule has 0 aromatic carbocycles. The normalized spacial score (nSPS) is 13.1. The van der Waals surface area contributed by atoms with Crippen molar-refractivity contribution >= 4 is 11.2 Å². The summed E-state index contributed by atoms with van der Waals surface area (Å²) in [4.78, 5) is 12.3. The molecule has 2 aromatic heterocycles.